The number of carbonyl (C=O) groups is 1. The Kier molecular flexibility index (Phi) is 4.56. The number of nitrogens with zero attached hydrogens (tertiary/aromatic N) is 2. The number of esters is 1. The van der Waals surface area contributed by atoms with E-state index >= 15 is 0 Å². The average Bonchev–Trinajstić information content (AvgIpc) is 2.48. The van der Waals surface area contributed by atoms with E-state index in [1.807, 2.05) is 0 Å². The zero-order chi connectivity index (χ0) is 17.1. The molecule has 2 aromatic carbocycles. The molecule has 0 saturated carbocycles. The van der Waals surface area contributed by atoms with Crippen LogP contribution in [0.5, 0.6) is 5.75 Å². The molecule has 0 spiro atoms. The van der Waals surface area contributed by atoms with Crippen LogP contribution < -0.4 is 4.74 Å². The van der Waals surface area contributed by atoms with Crippen molar-refractivity contribution in [1.29, 1.82) is 0 Å². The molecule has 8 nitrogen and oxygen atoms in total. The van der Waals surface area contributed by atoms with Crippen molar-refractivity contribution < 1.29 is 19.4 Å². The van der Waals surface area contributed by atoms with Crippen LogP contribution in [0.15, 0.2) is 36.4 Å². The number of halogens is 1. The van der Waals surface area contributed by atoms with Crippen LogP contribution in [-0.2, 0) is 0 Å². The molecule has 0 aliphatic rings. The third kappa shape index (κ3) is 3.61. The number of rotatable bonds is 4. The monoisotopic (exact) mass is 336 g/mol. The van der Waals surface area contributed by atoms with Crippen molar-refractivity contribution in [2.24, 2.45) is 0 Å². The molecule has 2 rings (SSSR count). The summed E-state index contributed by atoms with van der Waals surface area (Å²) < 4.78 is 4.95. The van der Waals surface area contributed by atoms with Crippen molar-refractivity contribution in [1.82, 2.24) is 0 Å². The first-order valence-electron chi connectivity index (χ1n) is 6.20. The highest BCUT2D eigenvalue weighted by atomic mass is 35.5. The first-order chi connectivity index (χ1) is 10.8. The minimum Gasteiger partial charge on any atom is -0.415 e. The van der Waals surface area contributed by atoms with Gasteiger partial charge in [-0.3, -0.25) is 20.2 Å². The Bertz CT molecular complexity index is 821. The van der Waals surface area contributed by atoms with E-state index < -0.39 is 27.2 Å². The second-order valence-corrected chi connectivity index (χ2v) is 4.97. The van der Waals surface area contributed by atoms with Gasteiger partial charge in [0, 0.05) is 17.2 Å². The number of hydrogen-bond acceptors (Lipinski definition) is 6. The van der Waals surface area contributed by atoms with Gasteiger partial charge in [-0.1, -0.05) is 17.7 Å². The molecule has 0 saturated heterocycles. The third-order valence-electron chi connectivity index (χ3n) is 2.89. The Morgan fingerprint density at radius 3 is 2.30 bits per heavy atom. The molecule has 0 bridgehead atoms. The van der Waals surface area contributed by atoms with Gasteiger partial charge >= 0.3 is 11.7 Å². The predicted octanol–water partition coefficient (Wildman–Crippen LogP) is 3.68. The van der Waals surface area contributed by atoms with E-state index in [-0.39, 0.29) is 16.3 Å². The summed E-state index contributed by atoms with van der Waals surface area (Å²) in [7, 11) is 0. The van der Waals surface area contributed by atoms with Crippen LogP contribution in [0.3, 0.4) is 0 Å². The quantitative estimate of drug-likeness (QED) is 0.364. The van der Waals surface area contributed by atoms with E-state index in [1.54, 1.807) is 6.92 Å². The Balaban J connectivity index is 2.41. The van der Waals surface area contributed by atoms with Crippen LogP contribution in [-0.4, -0.2) is 15.8 Å². The highest BCUT2D eigenvalue weighted by Crippen LogP contribution is 2.30. The first-order valence-corrected chi connectivity index (χ1v) is 6.58. The van der Waals surface area contributed by atoms with E-state index in [4.69, 9.17) is 16.3 Å². The smallest absolute Gasteiger partial charge is 0.350 e. The van der Waals surface area contributed by atoms with E-state index in [0.717, 1.165) is 12.1 Å². The normalized spacial score (nSPS) is 10.2. The maximum Gasteiger partial charge on any atom is 0.350 e. The van der Waals surface area contributed by atoms with Crippen molar-refractivity contribution in [3.63, 3.8) is 0 Å². The van der Waals surface area contributed by atoms with Crippen molar-refractivity contribution >= 4 is 28.9 Å². The van der Waals surface area contributed by atoms with E-state index in [2.05, 4.69) is 0 Å². The fourth-order valence-corrected chi connectivity index (χ4v) is 2.01. The van der Waals surface area contributed by atoms with Crippen LogP contribution in [0.2, 0.25) is 5.02 Å². The summed E-state index contributed by atoms with van der Waals surface area (Å²) >= 11 is 5.66. The summed E-state index contributed by atoms with van der Waals surface area (Å²) in [5.74, 6) is -1.38. The standard InChI is InChI=1S/C14H9ClN2O6/c1-8-2-5-13(12(6-8)17(21)22)23-14(18)10-4-3-9(15)7-11(10)16(19)20/h2-7H,1H3. The van der Waals surface area contributed by atoms with Crippen LogP contribution in [0.4, 0.5) is 11.4 Å². The second kappa shape index (κ2) is 6.41. The van der Waals surface area contributed by atoms with E-state index in [0.29, 0.717) is 5.56 Å². The van der Waals surface area contributed by atoms with Gasteiger partial charge in [0.1, 0.15) is 5.56 Å². The molecule has 0 aromatic heterocycles. The van der Waals surface area contributed by atoms with Gasteiger partial charge in [-0.2, -0.15) is 0 Å². The number of carbonyl (C=O) groups excluding carboxylic acids is 1. The number of nitro benzene ring substituents is 2. The third-order valence-corrected chi connectivity index (χ3v) is 3.13. The van der Waals surface area contributed by atoms with Crippen molar-refractivity contribution in [3.8, 4) is 5.75 Å². The molecule has 118 valence electrons. The lowest BCUT2D eigenvalue weighted by atomic mass is 10.2. The van der Waals surface area contributed by atoms with Crippen molar-refractivity contribution in [2.75, 3.05) is 0 Å². The van der Waals surface area contributed by atoms with Crippen LogP contribution >= 0.6 is 11.6 Å². The SMILES string of the molecule is Cc1ccc(OC(=O)c2ccc(Cl)cc2[N+](=O)[O-])c([N+](=O)[O-])c1. The zero-order valence-electron chi connectivity index (χ0n) is 11.7. The average molecular weight is 337 g/mol. The Morgan fingerprint density at radius 2 is 1.70 bits per heavy atom. The number of benzene rings is 2. The minimum atomic E-state index is -1.08. The van der Waals surface area contributed by atoms with Crippen LogP contribution in [0.1, 0.15) is 15.9 Å². The molecule has 0 fully saturated rings. The lowest BCUT2D eigenvalue weighted by Gasteiger charge is -2.06. The Labute approximate surface area is 134 Å². The molecular formula is C14H9ClN2O6. The van der Waals surface area contributed by atoms with E-state index in [9.17, 15) is 25.0 Å². The molecule has 9 heteroatoms. The lowest BCUT2D eigenvalue weighted by molar-refractivity contribution is -0.386. The van der Waals surface area contributed by atoms with Gasteiger partial charge in [0.05, 0.1) is 9.85 Å². The number of hydrogen-bond donors (Lipinski definition) is 0. The van der Waals surface area contributed by atoms with Gasteiger partial charge in [-0.25, -0.2) is 4.79 Å². The van der Waals surface area contributed by atoms with Gasteiger partial charge in [0.25, 0.3) is 5.69 Å². The highest BCUT2D eigenvalue weighted by Gasteiger charge is 2.25. The molecule has 2 aromatic rings. The molecule has 0 atom stereocenters. The molecule has 0 aliphatic carbocycles. The highest BCUT2D eigenvalue weighted by molar-refractivity contribution is 6.31. The second-order valence-electron chi connectivity index (χ2n) is 4.54. The predicted molar refractivity (Wildman–Crippen MR) is 80.9 cm³/mol. The maximum atomic E-state index is 12.1. The van der Waals surface area contributed by atoms with Gasteiger partial charge in [0.2, 0.25) is 5.75 Å². The molecule has 0 unspecified atom stereocenters. The zero-order valence-corrected chi connectivity index (χ0v) is 12.4. The van der Waals surface area contributed by atoms with Gasteiger partial charge in [0.15, 0.2) is 0 Å². The first kappa shape index (κ1) is 16.4. The Hall–Kier alpha value is -3.00. The topological polar surface area (TPSA) is 113 Å². The maximum absolute atomic E-state index is 12.1. The summed E-state index contributed by atoms with van der Waals surface area (Å²) in [6.45, 7) is 1.64. The fourth-order valence-electron chi connectivity index (χ4n) is 1.84. The number of aryl methyl sites for hydroxylation is 1. The van der Waals surface area contributed by atoms with Gasteiger partial charge < -0.3 is 4.74 Å². The molecular weight excluding hydrogens is 328 g/mol. The van der Waals surface area contributed by atoms with Crippen molar-refractivity contribution in [3.05, 3.63) is 72.8 Å². The summed E-state index contributed by atoms with van der Waals surface area (Å²) in [5.41, 5.74) is -0.699. The van der Waals surface area contributed by atoms with Gasteiger partial charge in [-0.05, 0) is 30.7 Å². The largest absolute Gasteiger partial charge is 0.415 e. The molecule has 0 aliphatic heterocycles. The van der Waals surface area contributed by atoms with Crippen LogP contribution in [0.25, 0.3) is 0 Å². The Morgan fingerprint density at radius 1 is 1.04 bits per heavy atom. The molecule has 23 heavy (non-hydrogen) atoms. The van der Waals surface area contributed by atoms with Crippen molar-refractivity contribution in [2.45, 2.75) is 6.92 Å². The summed E-state index contributed by atoms with van der Waals surface area (Å²) in [6, 6.07) is 7.43. The van der Waals surface area contributed by atoms with Gasteiger partial charge in [-0.15, -0.1) is 0 Å². The summed E-state index contributed by atoms with van der Waals surface area (Å²) in [5, 5.41) is 22.1. The summed E-state index contributed by atoms with van der Waals surface area (Å²) in [4.78, 5) is 32.6. The lowest BCUT2D eigenvalue weighted by Crippen LogP contribution is -2.12. The minimum absolute atomic E-state index is 0.0783. The fraction of sp³-hybridized carbons (Fsp3) is 0.0714. The van der Waals surface area contributed by atoms with Crippen LogP contribution in [0, 0.1) is 27.2 Å². The van der Waals surface area contributed by atoms with E-state index in [1.165, 1.54) is 24.3 Å². The number of nitro groups is 2. The molecule has 0 radical (unpaired) electrons. The number of ether oxygens (including phenoxy) is 1. The molecule has 0 N–H and O–H groups in total. The molecule has 0 heterocycles. The molecule has 0 amide bonds. The summed E-state index contributed by atoms with van der Waals surface area (Å²) in [6.07, 6.45) is 0.